The molecule has 0 radical (unpaired) electrons. The first-order valence-corrected chi connectivity index (χ1v) is 12.0. The quantitative estimate of drug-likeness (QED) is 0.105. The lowest BCUT2D eigenvalue weighted by Crippen LogP contribution is -2.38. The summed E-state index contributed by atoms with van der Waals surface area (Å²) in [4.78, 5) is 45.9. The van der Waals surface area contributed by atoms with E-state index in [-0.39, 0.29) is 29.4 Å². The zero-order chi connectivity index (χ0) is 26.4. The fourth-order valence-corrected chi connectivity index (χ4v) is 4.03. The summed E-state index contributed by atoms with van der Waals surface area (Å²) < 4.78 is 5.39. The molecule has 3 N–H and O–H groups in total. The van der Waals surface area contributed by atoms with Crippen molar-refractivity contribution in [1.82, 2.24) is 5.32 Å². The predicted molar refractivity (Wildman–Crippen MR) is 133 cm³/mol. The number of carboxylic acid groups (broad SMARTS) is 1. The number of carbonyl (C=O) groups is 4. The monoisotopic (exact) mass is 489 g/mol. The minimum absolute atomic E-state index is 0.00120. The van der Waals surface area contributed by atoms with Crippen LogP contribution < -0.4 is 5.32 Å². The van der Waals surface area contributed by atoms with Crippen LogP contribution >= 0.6 is 0 Å². The normalized spacial score (nSPS) is 18.7. The van der Waals surface area contributed by atoms with E-state index in [2.05, 4.69) is 5.32 Å². The number of amides is 2. The van der Waals surface area contributed by atoms with Crippen molar-refractivity contribution in [2.45, 2.75) is 77.9 Å². The number of ketones is 1. The van der Waals surface area contributed by atoms with E-state index >= 15 is 0 Å². The summed E-state index contributed by atoms with van der Waals surface area (Å²) >= 11 is 0. The van der Waals surface area contributed by atoms with Crippen LogP contribution in [0.1, 0.15) is 65.7 Å². The van der Waals surface area contributed by atoms with Gasteiger partial charge in [-0.15, -0.1) is 0 Å². The van der Waals surface area contributed by atoms with Gasteiger partial charge in [0, 0.05) is 38.4 Å². The van der Waals surface area contributed by atoms with E-state index in [1.54, 1.807) is 25.2 Å². The molecule has 0 aromatic rings. The molecular weight excluding hydrogens is 450 g/mol. The molecule has 1 heterocycles. The van der Waals surface area contributed by atoms with Crippen molar-refractivity contribution in [3.05, 3.63) is 47.6 Å². The van der Waals surface area contributed by atoms with Crippen molar-refractivity contribution in [2.75, 3.05) is 7.11 Å². The van der Waals surface area contributed by atoms with Crippen molar-refractivity contribution >= 4 is 23.6 Å². The van der Waals surface area contributed by atoms with Gasteiger partial charge in [-0.3, -0.25) is 19.7 Å². The minimum Gasteiger partial charge on any atom is -0.478 e. The molecule has 8 heteroatoms. The van der Waals surface area contributed by atoms with Gasteiger partial charge in [0.25, 0.3) is 0 Å². The fourth-order valence-electron chi connectivity index (χ4n) is 4.03. The van der Waals surface area contributed by atoms with E-state index in [9.17, 15) is 24.3 Å². The number of carboxylic acids is 1. The Labute approximate surface area is 207 Å². The van der Waals surface area contributed by atoms with Crippen LogP contribution in [-0.4, -0.2) is 53.1 Å². The van der Waals surface area contributed by atoms with E-state index in [1.807, 2.05) is 26.0 Å². The van der Waals surface area contributed by atoms with Crippen LogP contribution in [0.5, 0.6) is 0 Å². The average molecular weight is 490 g/mol. The molecule has 194 valence electrons. The van der Waals surface area contributed by atoms with Gasteiger partial charge in [0.2, 0.25) is 11.8 Å². The third-order valence-corrected chi connectivity index (χ3v) is 5.89. The summed E-state index contributed by atoms with van der Waals surface area (Å²) in [6.07, 6.45) is 12.2. The number of methoxy groups -OCH3 is 1. The number of unbranched alkanes of at least 4 members (excludes halogenated alkanes) is 1. The number of aliphatic carboxylic acids is 1. The maximum absolute atomic E-state index is 12.5. The number of piperidine rings is 1. The summed E-state index contributed by atoms with van der Waals surface area (Å²) in [6.45, 7) is 5.51. The Morgan fingerprint density at radius 3 is 2.37 bits per heavy atom. The summed E-state index contributed by atoms with van der Waals surface area (Å²) in [5.74, 6) is -1.68. The lowest BCUT2D eigenvalue weighted by molar-refractivity contribution is -0.135. The largest absolute Gasteiger partial charge is 0.478 e. The highest BCUT2D eigenvalue weighted by Crippen LogP contribution is 2.21. The fraction of sp³-hybridized carbons (Fsp3) is 0.556. The van der Waals surface area contributed by atoms with E-state index in [0.717, 1.165) is 11.6 Å². The molecule has 8 nitrogen and oxygen atoms in total. The Hall–Kier alpha value is -2.84. The number of hydrogen-bond donors (Lipinski definition) is 3. The predicted octanol–water partition coefficient (Wildman–Crippen LogP) is 3.66. The third kappa shape index (κ3) is 12.4. The standard InChI is InChI=1S/C27H39NO7/c1-18(14-19(2)22(29)11-9-10-21-16-24(30)28-25(31)17-21)15-20(3)27(34)23(35-4)12-7-5-6-8-13-26(32)33/h7-8,12-15,20-21,23,27,34H,5-6,9-11,16-17H2,1-4H3,(H,32,33)(H,28,30,31)/b12-7+,13-8+,18-15+,19-14+. The summed E-state index contributed by atoms with van der Waals surface area (Å²) in [5, 5.41) is 21.5. The molecule has 0 bridgehead atoms. The number of aliphatic hydroxyl groups is 1. The lowest BCUT2D eigenvalue weighted by atomic mass is 9.90. The van der Waals surface area contributed by atoms with E-state index in [0.29, 0.717) is 50.5 Å². The van der Waals surface area contributed by atoms with Crippen molar-refractivity contribution in [1.29, 1.82) is 0 Å². The van der Waals surface area contributed by atoms with E-state index in [4.69, 9.17) is 9.84 Å². The Bertz CT molecular complexity index is 853. The lowest BCUT2D eigenvalue weighted by Gasteiger charge is -2.23. The first-order valence-electron chi connectivity index (χ1n) is 12.0. The number of ether oxygens (including phenoxy) is 1. The highest BCUT2D eigenvalue weighted by molar-refractivity contribution is 5.97. The molecule has 0 aromatic heterocycles. The second kappa shape index (κ2) is 15.9. The van der Waals surface area contributed by atoms with Crippen molar-refractivity contribution in [2.24, 2.45) is 11.8 Å². The molecule has 1 rings (SSSR count). The second-order valence-electron chi connectivity index (χ2n) is 9.10. The smallest absolute Gasteiger partial charge is 0.327 e. The molecule has 1 fully saturated rings. The van der Waals surface area contributed by atoms with E-state index in [1.165, 1.54) is 7.11 Å². The zero-order valence-corrected chi connectivity index (χ0v) is 21.2. The van der Waals surface area contributed by atoms with Gasteiger partial charge in [0.1, 0.15) is 6.10 Å². The number of allylic oxidation sites excluding steroid dienone is 5. The second-order valence-corrected chi connectivity index (χ2v) is 9.10. The zero-order valence-electron chi connectivity index (χ0n) is 21.2. The van der Waals surface area contributed by atoms with Gasteiger partial charge in [0.05, 0.1) is 6.10 Å². The van der Waals surface area contributed by atoms with Gasteiger partial charge in [0.15, 0.2) is 5.78 Å². The van der Waals surface area contributed by atoms with Gasteiger partial charge in [-0.05, 0) is 51.0 Å². The number of imide groups is 1. The van der Waals surface area contributed by atoms with Gasteiger partial charge in [-0.25, -0.2) is 4.79 Å². The van der Waals surface area contributed by atoms with Crippen LogP contribution in [0.3, 0.4) is 0 Å². The molecule has 1 saturated heterocycles. The Kier molecular flexibility index (Phi) is 13.8. The molecule has 0 saturated carbocycles. The summed E-state index contributed by atoms with van der Waals surface area (Å²) in [6, 6.07) is 0. The Morgan fingerprint density at radius 1 is 1.14 bits per heavy atom. The first-order chi connectivity index (χ1) is 16.5. The molecule has 35 heavy (non-hydrogen) atoms. The number of carbonyl (C=O) groups excluding carboxylic acids is 3. The van der Waals surface area contributed by atoms with Gasteiger partial charge >= 0.3 is 5.97 Å². The molecule has 1 aliphatic heterocycles. The van der Waals surface area contributed by atoms with Crippen LogP contribution in [0.4, 0.5) is 0 Å². The molecule has 1 aliphatic rings. The first kappa shape index (κ1) is 30.2. The SMILES string of the molecule is COC(/C=C/CC/C=C/C(=O)O)C(O)C(C)/C=C(C)/C=C(\C)C(=O)CCCC1CC(=O)NC(=O)C1. The van der Waals surface area contributed by atoms with Gasteiger partial charge in [-0.2, -0.15) is 0 Å². The van der Waals surface area contributed by atoms with Crippen LogP contribution in [0.15, 0.2) is 47.6 Å². The highest BCUT2D eigenvalue weighted by atomic mass is 16.5. The number of aliphatic hydroxyl groups excluding tert-OH is 1. The van der Waals surface area contributed by atoms with Crippen LogP contribution in [0, 0.1) is 11.8 Å². The Morgan fingerprint density at radius 2 is 1.77 bits per heavy atom. The summed E-state index contributed by atoms with van der Waals surface area (Å²) in [7, 11) is 1.52. The average Bonchev–Trinajstić information content (AvgIpc) is 2.77. The van der Waals surface area contributed by atoms with Crippen LogP contribution in [0.2, 0.25) is 0 Å². The number of nitrogens with one attached hydrogen (secondary N) is 1. The van der Waals surface area contributed by atoms with Gasteiger partial charge < -0.3 is 14.9 Å². The maximum atomic E-state index is 12.5. The minimum atomic E-state index is -0.978. The molecule has 0 aliphatic carbocycles. The molecule has 0 spiro atoms. The maximum Gasteiger partial charge on any atom is 0.327 e. The van der Waals surface area contributed by atoms with Crippen molar-refractivity contribution in [3.8, 4) is 0 Å². The van der Waals surface area contributed by atoms with Crippen LogP contribution in [0.25, 0.3) is 0 Å². The van der Waals surface area contributed by atoms with Crippen molar-refractivity contribution < 1.29 is 34.1 Å². The van der Waals surface area contributed by atoms with E-state index < -0.39 is 18.2 Å². The summed E-state index contributed by atoms with van der Waals surface area (Å²) in [5.41, 5.74) is 1.48. The highest BCUT2D eigenvalue weighted by Gasteiger charge is 2.24. The molecule has 0 aromatic carbocycles. The molecular formula is C27H39NO7. The third-order valence-electron chi connectivity index (χ3n) is 5.89. The van der Waals surface area contributed by atoms with Crippen LogP contribution in [-0.2, 0) is 23.9 Å². The molecule has 3 atom stereocenters. The molecule has 3 unspecified atom stereocenters. The van der Waals surface area contributed by atoms with Crippen molar-refractivity contribution in [3.63, 3.8) is 0 Å². The Balaban J connectivity index is 2.56. The number of hydrogen-bond acceptors (Lipinski definition) is 6. The van der Waals surface area contributed by atoms with Gasteiger partial charge in [-0.1, -0.05) is 42.9 Å². The number of Topliss-reactive ketones (excluding diaryl/α,β-unsaturated/α-hetero) is 1. The topological polar surface area (TPSA) is 130 Å². The molecule has 2 amide bonds. The number of rotatable bonds is 15.